The van der Waals surface area contributed by atoms with Crippen molar-refractivity contribution in [3.63, 3.8) is 0 Å². The van der Waals surface area contributed by atoms with Crippen LogP contribution in [0.25, 0.3) is 22.9 Å². The molecule has 0 amide bonds. The average molecular weight is 356 g/mol. The molecule has 4 nitrogen and oxygen atoms in total. The van der Waals surface area contributed by atoms with Crippen LogP contribution in [-0.4, -0.2) is 17.0 Å². The van der Waals surface area contributed by atoms with E-state index in [0.717, 1.165) is 39.1 Å². The molecule has 0 fully saturated rings. The van der Waals surface area contributed by atoms with Gasteiger partial charge in [0.05, 0.1) is 0 Å². The Morgan fingerprint density at radius 2 is 1.85 bits per heavy atom. The lowest BCUT2D eigenvalue weighted by Crippen LogP contribution is -2.35. The van der Waals surface area contributed by atoms with Gasteiger partial charge in [-0.25, -0.2) is 0 Å². The molecule has 0 saturated heterocycles. The van der Waals surface area contributed by atoms with E-state index < -0.39 is 0 Å². The van der Waals surface area contributed by atoms with Gasteiger partial charge in [0.1, 0.15) is 11.5 Å². The zero-order chi connectivity index (χ0) is 18.1. The summed E-state index contributed by atoms with van der Waals surface area (Å²) < 4.78 is 11.6. The summed E-state index contributed by atoms with van der Waals surface area (Å²) in [7, 11) is 0. The quantitative estimate of drug-likeness (QED) is 0.650. The molecule has 0 spiro atoms. The molecule has 27 heavy (non-hydrogen) atoms. The molecule has 2 N–H and O–H groups in total. The fraction of sp³-hybridized carbons (Fsp3) is 0.130. The van der Waals surface area contributed by atoms with Crippen molar-refractivity contribution in [3.05, 3.63) is 75.4 Å². The van der Waals surface area contributed by atoms with Gasteiger partial charge in [0, 0.05) is 16.7 Å². The summed E-state index contributed by atoms with van der Waals surface area (Å²) >= 11 is 0. The highest BCUT2D eigenvalue weighted by Crippen LogP contribution is 2.37. The summed E-state index contributed by atoms with van der Waals surface area (Å²) in [5.41, 5.74) is 3.16. The number of phenolic OH excluding ortho intramolecular Hbond substituents is 1. The van der Waals surface area contributed by atoms with Crippen LogP contribution in [0, 0.1) is 0 Å². The molecule has 3 aromatic rings. The van der Waals surface area contributed by atoms with E-state index in [9.17, 15) is 10.2 Å². The lowest BCUT2D eigenvalue weighted by molar-refractivity contribution is 0.114. The number of aromatic hydroxyl groups is 1. The minimum Gasteiger partial charge on any atom is -0.508 e. The number of benzene rings is 3. The minimum absolute atomic E-state index is 0.0105. The van der Waals surface area contributed by atoms with Crippen molar-refractivity contribution in [3.8, 4) is 17.2 Å². The smallest absolute Gasteiger partial charge is 0.231 e. The van der Waals surface area contributed by atoms with Crippen LogP contribution < -0.4 is 19.9 Å². The van der Waals surface area contributed by atoms with Crippen LogP contribution in [0.3, 0.4) is 0 Å². The van der Waals surface area contributed by atoms with Gasteiger partial charge in [0.15, 0.2) is 11.5 Å². The molecular formula is C23H16O4. The standard InChI is InChI=1S/C23H16O4/c24-14-7-13-6-12-2-1-3-16-15(12)4-5-22-19(16)9-20-18(8-14)17(13)10-21(25)23(20)27-11-26-22/h1-5,7-10,13,24-25H,6,11H2/b20-9-. The van der Waals surface area contributed by atoms with Crippen molar-refractivity contribution in [2.24, 2.45) is 0 Å². The van der Waals surface area contributed by atoms with Gasteiger partial charge in [0.2, 0.25) is 6.79 Å². The van der Waals surface area contributed by atoms with E-state index in [0.29, 0.717) is 5.75 Å². The van der Waals surface area contributed by atoms with Crippen LogP contribution in [0.4, 0.5) is 0 Å². The highest BCUT2D eigenvalue weighted by molar-refractivity contribution is 5.95. The van der Waals surface area contributed by atoms with Gasteiger partial charge in [-0.1, -0.05) is 24.3 Å². The van der Waals surface area contributed by atoms with Crippen LogP contribution in [0.2, 0.25) is 0 Å². The largest absolute Gasteiger partial charge is 0.508 e. The van der Waals surface area contributed by atoms with Crippen molar-refractivity contribution in [1.29, 1.82) is 0 Å². The van der Waals surface area contributed by atoms with Crippen molar-refractivity contribution in [2.75, 3.05) is 6.79 Å². The average Bonchev–Trinajstić information content (AvgIpc) is 2.63. The number of phenols is 1. The monoisotopic (exact) mass is 356 g/mol. The van der Waals surface area contributed by atoms with E-state index in [2.05, 4.69) is 24.3 Å². The molecule has 0 aromatic heterocycles. The van der Waals surface area contributed by atoms with Crippen LogP contribution in [0.5, 0.6) is 17.2 Å². The molecule has 0 saturated carbocycles. The molecule has 132 valence electrons. The summed E-state index contributed by atoms with van der Waals surface area (Å²) in [5.74, 6) is 1.44. The minimum atomic E-state index is -0.0249. The Hall–Kier alpha value is -3.40. The summed E-state index contributed by atoms with van der Waals surface area (Å²) in [6.07, 6.45) is 6.35. The Morgan fingerprint density at radius 3 is 2.78 bits per heavy atom. The third-order valence-electron chi connectivity index (χ3n) is 5.73. The third-order valence-corrected chi connectivity index (χ3v) is 5.73. The van der Waals surface area contributed by atoms with E-state index in [1.807, 2.05) is 18.2 Å². The Labute approximate surface area is 154 Å². The maximum atomic E-state index is 10.7. The zero-order valence-electron chi connectivity index (χ0n) is 14.4. The van der Waals surface area contributed by atoms with Gasteiger partial charge < -0.3 is 19.7 Å². The lowest BCUT2D eigenvalue weighted by Gasteiger charge is -2.25. The van der Waals surface area contributed by atoms with E-state index in [1.165, 1.54) is 10.9 Å². The first-order valence-corrected chi connectivity index (χ1v) is 8.99. The first-order valence-electron chi connectivity index (χ1n) is 8.99. The zero-order valence-corrected chi connectivity index (χ0v) is 14.4. The molecule has 1 unspecified atom stereocenters. The summed E-state index contributed by atoms with van der Waals surface area (Å²) in [6, 6.07) is 12.1. The van der Waals surface area contributed by atoms with Gasteiger partial charge in [-0.2, -0.15) is 0 Å². The summed E-state index contributed by atoms with van der Waals surface area (Å²) in [6.45, 7) is 0.0105. The molecule has 1 heterocycles. The normalized spacial score (nSPS) is 19.9. The number of aliphatic hydroxyl groups is 1. The molecule has 4 heteroatoms. The topological polar surface area (TPSA) is 58.9 Å². The molecule has 8 bridgehead atoms. The summed E-state index contributed by atoms with van der Waals surface area (Å²) in [4.78, 5) is 0. The number of allylic oxidation sites excluding steroid dienone is 2. The summed E-state index contributed by atoms with van der Waals surface area (Å²) in [5, 5.41) is 25.0. The van der Waals surface area contributed by atoms with E-state index in [4.69, 9.17) is 9.47 Å². The van der Waals surface area contributed by atoms with Crippen LogP contribution in [-0.2, 0) is 6.42 Å². The molecule has 0 radical (unpaired) electrons. The Balaban J connectivity index is 1.92. The number of hydrogen-bond acceptors (Lipinski definition) is 4. The number of ether oxygens (including phenoxy) is 2. The highest BCUT2D eigenvalue weighted by atomic mass is 16.7. The molecule has 6 rings (SSSR count). The predicted molar refractivity (Wildman–Crippen MR) is 103 cm³/mol. The van der Waals surface area contributed by atoms with Crippen molar-refractivity contribution in [1.82, 2.24) is 0 Å². The molecule has 2 aliphatic carbocycles. The fourth-order valence-electron chi connectivity index (χ4n) is 4.54. The maximum absolute atomic E-state index is 10.7. The molecule has 3 aromatic carbocycles. The van der Waals surface area contributed by atoms with Crippen molar-refractivity contribution >= 4 is 22.9 Å². The van der Waals surface area contributed by atoms with Crippen LogP contribution in [0.15, 0.2) is 48.2 Å². The SMILES string of the molecule is OC1=CC2Cc3cccc4c5c(ccc34)OCOc3c(O)cc2c(/c3=C/5)=C1. The molecule has 1 aliphatic heterocycles. The van der Waals surface area contributed by atoms with Crippen molar-refractivity contribution < 1.29 is 19.7 Å². The van der Waals surface area contributed by atoms with Gasteiger partial charge in [0.25, 0.3) is 0 Å². The van der Waals surface area contributed by atoms with Gasteiger partial charge in [-0.3, -0.25) is 0 Å². The third kappa shape index (κ3) is 1.98. The van der Waals surface area contributed by atoms with E-state index in [-0.39, 0.29) is 24.2 Å². The van der Waals surface area contributed by atoms with Gasteiger partial charge in [-0.15, -0.1) is 0 Å². The van der Waals surface area contributed by atoms with Crippen LogP contribution in [0.1, 0.15) is 22.6 Å². The second-order valence-corrected chi connectivity index (χ2v) is 7.23. The Morgan fingerprint density at radius 1 is 0.926 bits per heavy atom. The fourth-order valence-corrected chi connectivity index (χ4v) is 4.54. The number of hydrogen-bond donors (Lipinski definition) is 2. The predicted octanol–water partition coefficient (Wildman–Crippen LogP) is 2.98. The number of rotatable bonds is 0. The first-order chi connectivity index (χ1) is 13.2. The number of aliphatic hydroxyl groups excluding tert-OH is 1. The Kier molecular flexibility index (Phi) is 2.77. The molecular weight excluding hydrogens is 340 g/mol. The first kappa shape index (κ1) is 14.7. The van der Waals surface area contributed by atoms with E-state index in [1.54, 1.807) is 12.1 Å². The molecule has 1 atom stereocenters. The second kappa shape index (κ2) is 5.07. The lowest BCUT2D eigenvalue weighted by atomic mass is 9.83. The maximum Gasteiger partial charge on any atom is 0.231 e. The molecule has 3 aliphatic rings. The second-order valence-electron chi connectivity index (χ2n) is 7.23. The van der Waals surface area contributed by atoms with Gasteiger partial charge in [-0.05, 0) is 63.9 Å². The van der Waals surface area contributed by atoms with Crippen LogP contribution >= 0.6 is 0 Å². The van der Waals surface area contributed by atoms with E-state index >= 15 is 0 Å². The Bertz CT molecular complexity index is 1300. The highest BCUT2D eigenvalue weighted by Gasteiger charge is 2.24. The van der Waals surface area contributed by atoms with Crippen molar-refractivity contribution in [2.45, 2.75) is 12.3 Å². The van der Waals surface area contributed by atoms with Gasteiger partial charge >= 0.3 is 0 Å².